The molecule has 1 aliphatic heterocycles. The molecule has 0 saturated carbocycles. The Morgan fingerprint density at radius 2 is 1.54 bits per heavy atom. The van der Waals surface area contributed by atoms with Crippen molar-refractivity contribution in [2.75, 3.05) is 23.3 Å². The first-order chi connectivity index (χ1) is 11.5. The molecule has 0 atom stereocenters. The van der Waals surface area contributed by atoms with Crippen LogP contribution in [0.4, 0.5) is 11.4 Å². The number of para-hydroxylation sites is 1. The van der Waals surface area contributed by atoms with Gasteiger partial charge in [0.2, 0.25) is 5.91 Å². The lowest BCUT2D eigenvalue weighted by atomic mass is 9.95. The summed E-state index contributed by atoms with van der Waals surface area (Å²) in [5, 5.41) is 3.15. The van der Waals surface area contributed by atoms with E-state index in [4.69, 9.17) is 0 Å². The average Bonchev–Trinajstić information content (AvgIpc) is 2.59. The third kappa shape index (κ3) is 3.61. The molecule has 1 saturated heterocycles. The SMILES string of the molecule is Cc1ccc(N2CCC(C(=O)Nc3c(C)cccc3C)CC2)cc1. The fourth-order valence-corrected chi connectivity index (χ4v) is 3.39. The molecule has 3 nitrogen and oxygen atoms in total. The molecule has 1 amide bonds. The Balaban J connectivity index is 1.60. The minimum atomic E-state index is 0.103. The van der Waals surface area contributed by atoms with E-state index in [0.29, 0.717) is 0 Å². The lowest BCUT2D eigenvalue weighted by Gasteiger charge is -2.33. The molecule has 0 spiro atoms. The van der Waals surface area contributed by atoms with Crippen LogP contribution in [0.25, 0.3) is 0 Å². The van der Waals surface area contributed by atoms with Crippen LogP contribution in [0.5, 0.6) is 0 Å². The predicted molar refractivity (Wildman–Crippen MR) is 101 cm³/mol. The van der Waals surface area contributed by atoms with Crippen LogP contribution >= 0.6 is 0 Å². The van der Waals surface area contributed by atoms with E-state index in [-0.39, 0.29) is 11.8 Å². The van der Waals surface area contributed by atoms with Gasteiger partial charge in [0.25, 0.3) is 0 Å². The molecule has 2 aromatic rings. The predicted octanol–water partition coefficient (Wildman–Crippen LogP) is 4.47. The van der Waals surface area contributed by atoms with E-state index in [0.717, 1.165) is 42.7 Å². The summed E-state index contributed by atoms with van der Waals surface area (Å²) < 4.78 is 0. The summed E-state index contributed by atoms with van der Waals surface area (Å²) in [6, 6.07) is 14.8. The fourth-order valence-electron chi connectivity index (χ4n) is 3.39. The van der Waals surface area contributed by atoms with Gasteiger partial charge in [-0.25, -0.2) is 0 Å². The molecule has 1 heterocycles. The number of benzene rings is 2. The molecule has 0 radical (unpaired) electrons. The summed E-state index contributed by atoms with van der Waals surface area (Å²) in [7, 11) is 0. The average molecular weight is 322 g/mol. The highest BCUT2D eigenvalue weighted by Crippen LogP contribution is 2.26. The van der Waals surface area contributed by atoms with Gasteiger partial charge in [0, 0.05) is 30.4 Å². The van der Waals surface area contributed by atoms with Gasteiger partial charge in [0.15, 0.2) is 0 Å². The summed E-state index contributed by atoms with van der Waals surface area (Å²) in [4.78, 5) is 15.0. The highest BCUT2D eigenvalue weighted by atomic mass is 16.1. The second-order valence-electron chi connectivity index (χ2n) is 6.85. The Kier molecular flexibility index (Phi) is 4.89. The molecule has 3 heteroatoms. The van der Waals surface area contributed by atoms with Gasteiger partial charge in [-0.1, -0.05) is 35.9 Å². The first-order valence-corrected chi connectivity index (χ1v) is 8.73. The van der Waals surface area contributed by atoms with Crippen LogP contribution in [0, 0.1) is 26.7 Å². The number of amides is 1. The summed E-state index contributed by atoms with van der Waals surface area (Å²) >= 11 is 0. The molecule has 126 valence electrons. The number of nitrogens with one attached hydrogen (secondary N) is 1. The third-order valence-corrected chi connectivity index (χ3v) is 4.99. The molecule has 1 aliphatic rings. The highest BCUT2D eigenvalue weighted by molar-refractivity contribution is 5.94. The van der Waals surface area contributed by atoms with E-state index in [1.54, 1.807) is 0 Å². The second-order valence-corrected chi connectivity index (χ2v) is 6.85. The maximum atomic E-state index is 12.6. The number of aryl methyl sites for hydroxylation is 3. The van der Waals surface area contributed by atoms with Gasteiger partial charge in [-0.2, -0.15) is 0 Å². The molecule has 0 aliphatic carbocycles. The molecular weight excluding hydrogens is 296 g/mol. The highest BCUT2D eigenvalue weighted by Gasteiger charge is 2.25. The van der Waals surface area contributed by atoms with E-state index >= 15 is 0 Å². The van der Waals surface area contributed by atoms with Gasteiger partial charge >= 0.3 is 0 Å². The lowest BCUT2D eigenvalue weighted by Crippen LogP contribution is -2.38. The van der Waals surface area contributed by atoms with Gasteiger partial charge in [-0.3, -0.25) is 4.79 Å². The number of nitrogens with zero attached hydrogens (tertiary/aromatic N) is 1. The molecule has 0 unspecified atom stereocenters. The summed E-state index contributed by atoms with van der Waals surface area (Å²) in [6.07, 6.45) is 1.81. The van der Waals surface area contributed by atoms with Crippen molar-refractivity contribution in [2.45, 2.75) is 33.6 Å². The third-order valence-electron chi connectivity index (χ3n) is 4.99. The largest absolute Gasteiger partial charge is 0.371 e. The van der Waals surface area contributed by atoms with E-state index in [9.17, 15) is 4.79 Å². The van der Waals surface area contributed by atoms with Gasteiger partial charge in [-0.15, -0.1) is 0 Å². The van der Waals surface area contributed by atoms with Gasteiger partial charge in [0.1, 0.15) is 0 Å². The number of hydrogen-bond donors (Lipinski definition) is 1. The number of carbonyl (C=O) groups is 1. The molecular formula is C21H26N2O. The quantitative estimate of drug-likeness (QED) is 0.904. The number of rotatable bonds is 3. The fraction of sp³-hybridized carbons (Fsp3) is 0.381. The van der Waals surface area contributed by atoms with Gasteiger partial charge in [0.05, 0.1) is 0 Å². The first kappa shape index (κ1) is 16.6. The minimum absolute atomic E-state index is 0.103. The van der Waals surface area contributed by atoms with Gasteiger partial charge < -0.3 is 10.2 Å². The van der Waals surface area contributed by atoms with Crippen molar-refractivity contribution in [1.82, 2.24) is 0 Å². The van der Waals surface area contributed by atoms with Crippen LogP contribution in [0.3, 0.4) is 0 Å². The molecule has 1 N–H and O–H groups in total. The minimum Gasteiger partial charge on any atom is -0.371 e. The van der Waals surface area contributed by atoms with Crippen molar-refractivity contribution in [3.8, 4) is 0 Å². The van der Waals surface area contributed by atoms with E-state index in [1.165, 1.54) is 11.3 Å². The zero-order valence-corrected chi connectivity index (χ0v) is 14.8. The van der Waals surface area contributed by atoms with E-state index in [2.05, 4.69) is 41.4 Å². The zero-order chi connectivity index (χ0) is 17.1. The molecule has 1 fully saturated rings. The summed E-state index contributed by atoms with van der Waals surface area (Å²) in [5.41, 5.74) is 5.76. The number of hydrogen-bond acceptors (Lipinski definition) is 2. The van der Waals surface area contributed by atoms with Crippen LogP contribution in [0.1, 0.15) is 29.5 Å². The van der Waals surface area contributed by atoms with E-state index in [1.807, 2.05) is 32.0 Å². The lowest BCUT2D eigenvalue weighted by molar-refractivity contribution is -0.120. The Morgan fingerprint density at radius 1 is 0.958 bits per heavy atom. The number of piperidine rings is 1. The van der Waals surface area contributed by atoms with Crippen LogP contribution in [0.15, 0.2) is 42.5 Å². The smallest absolute Gasteiger partial charge is 0.227 e. The maximum Gasteiger partial charge on any atom is 0.227 e. The number of carbonyl (C=O) groups excluding carboxylic acids is 1. The molecule has 3 rings (SSSR count). The van der Waals surface area contributed by atoms with Crippen LogP contribution in [-0.4, -0.2) is 19.0 Å². The van der Waals surface area contributed by atoms with Crippen molar-refractivity contribution < 1.29 is 4.79 Å². The molecule has 2 aromatic carbocycles. The van der Waals surface area contributed by atoms with E-state index < -0.39 is 0 Å². The van der Waals surface area contributed by atoms with Gasteiger partial charge in [-0.05, 0) is 56.9 Å². The van der Waals surface area contributed by atoms with Crippen LogP contribution in [0.2, 0.25) is 0 Å². The monoisotopic (exact) mass is 322 g/mol. The first-order valence-electron chi connectivity index (χ1n) is 8.73. The summed E-state index contributed by atoms with van der Waals surface area (Å²) in [5.74, 6) is 0.265. The Labute approximate surface area is 144 Å². The van der Waals surface area contributed by atoms with Crippen molar-refractivity contribution >= 4 is 17.3 Å². The Bertz CT molecular complexity index is 693. The number of anilines is 2. The Morgan fingerprint density at radius 3 is 2.12 bits per heavy atom. The van der Waals surface area contributed by atoms with Crippen molar-refractivity contribution in [3.05, 3.63) is 59.2 Å². The topological polar surface area (TPSA) is 32.3 Å². The van der Waals surface area contributed by atoms with Crippen molar-refractivity contribution in [2.24, 2.45) is 5.92 Å². The normalized spacial score (nSPS) is 15.4. The van der Waals surface area contributed by atoms with Crippen LogP contribution < -0.4 is 10.2 Å². The second kappa shape index (κ2) is 7.08. The molecule has 0 aromatic heterocycles. The van der Waals surface area contributed by atoms with Crippen LogP contribution in [-0.2, 0) is 4.79 Å². The van der Waals surface area contributed by atoms with Crippen molar-refractivity contribution in [1.29, 1.82) is 0 Å². The summed E-state index contributed by atoms with van der Waals surface area (Å²) in [6.45, 7) is 8.07. The Hall–Kier alpha value is -2.29. The zero-order valence-electron chi connectivity index (χ0n) is 14.8. The standard InChI is InChI=1S/C21H26N2O/c1-15-7-9-19(10-8-15)23-13-11-18(12-14-23)21(24)22-20-16(2)5-4-6-17(20)3/h4-10,18H,11-14H2,1-3H3,(H,22,24). The maximum absolute atomic E-state index is 12.6. The van der Waals surface area contributed by atoms with Crippen molar-refractivity contribution in [3.63, 3.8) is 0 Å². The molecule has 0 bridgehead atoms. The molecule has 24 heavy (non-hydrogen) atoms.